The van der Waals surface area contributed by atoms with Crippen molar-refractivity contribution in [2.24, 2.45) is 0 Å². The second-order valence-corrected chi connectivity index (χ2v) is 12.3. The van der Waals surface area contributed by atoms with E-state index in [2.05, 4.69) is 68.0 Å². The number of nitrogens with zero attached hydrogens (tertiary/aromatic N) is 1. The van der Waals surface area contributed by atoms with Crippen LogP contribution in [0.4, 0.5) is 0 Å². The van der Waals surface area contributed by atoms with Gasteiger partial charge in [-0.05, 0) is 30.3 Å². The molecule has 0 heterocycles. The molecule has 0 bridgehead atoms. The third-order valence-electron chi connectivity index (χ3n) is 3.64. The SMILES string of the molecule is CN(Cc1ccc(Cl)cc1)Cc1ccc([Si](C)(C)C)cc1. The molecule has 0 unspecified atom stereocenters. The summed E-state index contributed by atoms with van der Waals surface area (Å²) in [6.45, 7) is 9.06. The Labute approximate surface area is 134 Å². The molecule has 0 aliphatic rings. The van der Waals surface area contributed by atoms with Gasteiger partial charge in [-0.25, -0.2) is 0 Å². The number of benzene rings is 2. The fraction of sp³-hybridized carbons (Fsp3) is 0.333. The molecule has 0 amide bonds. The minimum Gasteiger partial charge on any atom is -0.298 e. The Morgan fingerprint density at radius 2 is 1.24 bits per heavy atom. The maximum absolute atomic E-state index is 5.92. The Hall–Kier alpha value is -1.09. The van der Waals surface area contributed by atoms with Gasteiger partial charge in [-0.3, -0.25) is 4.90 Å². The summed E-state index contributed by atoms with van der Waals surface area (Å²) >= 11 is 5.92. The topological polar surface area (TPSA) is 3.24 Å². The second kappa shape index (κ2) is 6.78. The molecule has 1 nitrogen and oxygen atoms in total. The molecule has 21 heavy (non-hydrogen) atoms. The fourth-order valence-electron chi connectivity index (χ4n) is 2.38. The van der Waals surface area contributed by atoms with Crippen LogP contribution in [0.2, 0.25) is 24.7 Å². The van der Waals surface area contributed by atoms with Crippen LogP contribution in [0.3, 0.4) is 0 Å². The largest absolute Gasteiger partial charge is 0.298 e. The van der Waals surface area contributed by atoms with Crippen LogP contribution >= 0.6 is 11.6 Å². The van der Waals surface area contributed by atoms with Crippen molar-refractivity contribution in [3.8, 4) is 0 Å². The molecule has 0 aromatic heterocycles. The lowest BCUT2D eigenvalue weighted by Gasteiger charge is -2.19. The number of halogens is 1. The van der Waals surface area contributed by atoms with Gasteiger partial charge in [0, 0.05) is 18.1 Å². The van der Waals surface area contributed by atoms with Crippen molar-refractivity contribution in [2.75, 3.05) is 7.05 Å². The van der Waals surface area contributed by atoms with Gasteiger partial charge < -0.3 is 0 Å². The van der Waals surface area contributed by atoms with Gasteiger partial charge >= 0.3 is 0 Å². The van der Waals surface area contributed by atoms with E-state index in [-0.39, 0.29) is 0 Å². The maximum atomic E-state index is 5.92. The average molecular weight is 318 g/mol. The Morgan fingerprint density at radius 1 is 0.810 bits per heavy atom. The Morgan fingerprint density at radius 3 is 1.67 bits per heavy atom. The highest BCUT2D eigenvalue weighted by atomic mass is 35.5. The molecule has 0 aliphatic carbocycles. The minimum absolute atomic E-state index is 0.795. The third-order valence-corrected chi connectivity index (χ3v) is 5.96. The molecular formula is C18H24ClNSi. The first-order valence-corrected chi connectivity index (χ1v) is 11.2. The van der Waals surface area contributed by atoms with Crippen LogP contribution in [0.1, 0.15) is 11.1 Å². The lowest BCUT2D eigenvalue weighted by Crippen LogP contribution is -2.37. The number of rotatable bonds is 5. The maximum Gasteiger partial charge on any atom is 0.0775 e. The highest BCUT2D eigenvalue weighted by Crippen LogP contribution is 2.12. The Bertz CT molecular complexity index is 570. The van der Waals surface area contributed by atoms with Crippen molar-refractivity contribution in [2.45, 2.75) is 32.7 Å². The summed E-state index contributed by atoms with van der Waals surface area (Å²) in [7, 11) is 0.965. The van der Waals surface area contributed by atoms with Crippen molar-refractivity contribution in [1.29, 1.82) is 0 Å². The second-order valence-electron chi connectivity index (χ2n) is 6.75. The molecule has 2 aromatic rings. The van der Waals surface area contributed by atoms with Gasteiger partial charge in [0.25, 0.3) is 0 Å². The van der Waals surface area contributed by atoms with Crippen molar-refractivity contribution >= 4 is 24.9 Å². The summed E-state index contributed by atoms with van der Waals surface area (Å²) < 4.78 is 0. The van der Waals surface area contributed by atoms with E-state index in [9.17, 15) is 0 Å². The van der Waals surface area contributed by atoms with Gasteiger partial charge in [0.2, 0.25) is 0 Å². The van der Waals surface area contributed by atoms with Crippen LogP contribution < -0.4 is 5.19 Å². The van der Waals surface area contributed by atoms with Crippen LogP contribution in [0.5, 0.6) is 0 Å². The zero-order valence-corrected chi connectivity index (χ0v) is 15.1. The summed E-state index contributed by atoms with van der Waals surface area (Å²) in [6.07, 6.45) is 0. The monoisotopic (exact) mass is 317 g/mol. The van der Waals surface area contributed by atoms with Crippen LogP contribution in [0, 0.1) is 0 Å². The summed E-state index contributed by atoms with van der Waals surface area (Å²) in [6, 6.07) is 17.2. The van der Waals surface area contributed by atoms with E-state index < -0.39 is 8.07 Å². The predicted octanol–water partition coefficient (Wildman–Crippen LogP) is 4.52. The molecule has 0 saturated carbocycles. The van der Waals surface area contributed by atoms with E-state index in [1.807, 2.05) is 12.1 Å². The molecule has 3 heteroatoms. The van der Waals surface area contributed by atoms with Crippen molar-refractivity contribution < 1.29 is 0 Å². The lowest BCUT2D eigenvalue weighted by atomic mass is 10.2. The standard InChI is InChI=1S/C18H24ClNSi/c1-20(13-15-5-9-17(19)10-6-15)14-16-7-11-18(12-8-16)21(2,3)4/h5-12H,13-14H2,1-4H3. The van der Waals surface area contributed by atoms with Gasteiger partial charge in [-0.2, -0.15) is 0 Å². The van der Waals surface area contributed by atoms with Crippen molar-refractivity contribution in [3.63, 3.8) is 0 Å². The third kappa shape index (κ3) is 4.99. The molecule has 112 valence electrons. The van der Waals surface area contributed by atoms with E-state index in [1.54, 1.807) is 0 Å². The highest BCUT2D eigenvalue weighted by Gasteiger charge is 2.15. The highest BCUT2D eigenvalue weighted by molar-refractivity contribution is 6.88. The van der Waals surface area contributed by atoms with Crippen LogP contribution in [0.15, 0.2) is 48.5 Å². The molecule has 0 spiro atoms. The van der Waals surface area contributed by atoms with Crippen LogP contribution in [-0.4, -0.2) is 20.0 Å². The summed E-state index contributed by atoms with van der Waals surface area (Å²) in [5.74, 6) is 0. The van der Waals surface area contributed by atoms with E-state index >= 15 is 0 Å². The van der Waals surface area contributed by atoms with E-state index in [1.165, 1.54) is 16.3 Å². The van der Waals surface area contributed by atoms with E-state index in [0.717, 1.165) is 18.1 Å². The summed E-state index contributed by atoms with van der Waals surface area (Å²) in [5.41, 5.74) is 2.66. The summed E-state index contributed by atoms with van der Waals surface area (Å²) in [5, 5.41) is 2.31. The molecule has 0 N–H and O–H groups in total. The number of hydrogen-bond acceptors (Lipinski definition) is 1. The average Bonchev–Trinajstić information content (AvgIpc) is 2.41. The minimum atomic E-state index is -1.19. The lowest BCUT2D eigenvalue weighted by molar-refractivity contribution is 0.319. The fourth-order valence-corrected chi connectivity index (χ4v) is 3.67. The zero-order valence-electron chi connectivity index (χ0n) is 13.4. The molecule has 2 aromatic carbocycles. The molecule has 2 rings (SSSR count). The molecule has 0 saturated heterocycles. The van der Waals surface area contributed by atoms with E-state index in [0.29, 0.717) is 0 Å². The number of hydrogen-bond donors (Lipinski definition) is 0. The normalized spacial score (nSPS) is 11.9. The molecule has 0 fully saturated rings. The summed E-state index contributed by atoms with van der Waals surface area (Å²) in [4.78, 5) is 2.33. The van der Waals surface area contributed by atoms with Crippen molar-refractivity contribution in [1.82, 2.24) is 4.90 Å². The Balaban J connectivity index is 1.96. The van der Waals surface area contributed by atoms with Gasteiger partial charge in [-0.1, -0.05) is 72.8 Å². The van der Waals surface area contributed by atoms with Gasteiger partial charge in [0.15, 0.2) is 0 Å². The zero-order chi connectivity index (χ0) is 15.5. The first-order valence-electron chi connectivity index (χ1n) is 7.37. The predicted molar refractivity (Wildman–Crippen MR) is 96.0 cm³/mol. The van der Waals surface area contributed by atoms with Crippen LogP contribution in [0.25, 0.3) is 0 Å². The van der Waals surface area contributed by atoms with Gasteiger partial charge in [0.1, 0.15) is 0 Å². The molecule has 0 radical (unpaired) electrons. The van der Waals surface area contributed by atoms with Gasteiger partial charge in [-0.15, -0.1) is 0 Å². The van der Waals surface area contributed by atoms with Gasteiger partial charge in [0.05, 0.1) is 8.07 Å². The molecule has 0 atom stereocenters. The van der Waals surface area contributed by atoms with Crippen molar-refractivity contribution in [3.05, 3.63) is 64.7 Å². The first kappa shape index (κ1) is 16.3. The molecular weight excluding hydrogens is 294 g/mol. The molecule has 0 aliphatic heterocycles. The van der Waals surface area contributed by atoms with Crippen LogP contribution in [-0.2, 0) is 13.1 Å². The quantitative estimate of drug-likeness (QED) is 0.733. The smallest absolute Gasteiger partial charge is 0.0775 e. The Kier molecular flexibility index (Phi) is 5.25. The van der Waals surface area contributed by atoms with E-state index in [4.69, 9.17) is 11.6 Å². The first-order chi connectivity index (χ1) is 9.84.